The molecule has 0 spiro atoms. The Balaban J connectivity index is 3.00. The second-order valence-corrected chi connectivity index (χ2v) is 2.71. The topological polar surface area (TPSA) is 45.7 Å². The molecule has 0 heterocycles. The van der Waals surface area contributed by atoms with Gasteiger partial charge in [0.1, 0.15) is 0 Å². The highest BCUT2D eigenvalue weighted by Gasteiger charge is 1.93. The fourth-order valence-corrected chi connectivity index (χ4v) is 0.879. The van der Waals surface area contributed by atoms with Gasteiger partial charge < -0.3 is 10.6 Å². The summed E-state index contributed by atoms with van der Waals surface area (Å²) in [5.74, 6) is -0.0782. The highest BCUT2D eigenvalue weighted by atomic mass is 16.1. The monoisotopic (exact) mass is 171 g/mol. The van der Waals surface area contributed by atoms with Crippen LogP contribution >= 0.6 is 0 Å². The molecule has 0 atom stereocenters. The van der Waals surface area contributed by atoms with Crippen molar-refractivity contribution in [2.75, 3.05) is 19.6 Å². The van der Waals surface area contributed by atoms with Gasteiger partial charge in [-0.25, -0.2) is 0 Å². The number of carbonyl (C=O) groups excluding carboxylic acids is 1. The molecule has 0 unspecified atom stereocenters. The maximum atomic E-state index is 10.7. The van der Waals surface area contributed by atoms with Crippen LogP contribution in [0.25, 0.3) is 0 Å². The maximum absolute atomic E-state index is 10.7. The van der Waals surface area contributed by atoms with E-state index in [1.54, 1.807) is 0 Å². The lowest BCUT2D eigenvalue weighted by molar-refractivity contribution is -0.654. The number of hydrogen-bond acceptors (Lipinski definition) is 1. The molecule has 0 radical (unpaired) electrons. The Labute approximate surface area is 74.2 Å². The highest BCUT2D eigenvalue weighted by Crippen LogP contribution is 1.71. The van der Waals surface area contributed by atoms with E-state index in [4.69, 9.17) is 0 Å². The van der Waals surface area contributed by atoms with Crippen LogP contribution in [-0.2, 0) is 4.79 Å². The van der Waals surface area contributed by atoms with Gasteiger partial charge in [0.2, 0.25) is 5.91 Å². The quantitative estimate of drug-likeness (QED) is 0.399. The van der Waals surface area contributed by atoms with Gasteiger partial charge in [0.15, 0.2) is 0 Å². The Morgan fingerprint density at radius 3 is 2.92 bits per heavy atom. The second-order valence-electron chi connectivity index (χ2n) is 2.71. The zero-order valence-corrected chi connectivity index (χ0v) is 7.81. The summed E-state index contributed by atoms with van der Waals surface area (Å²) in [6.45, 7) is 8.55. The van der Waals surface area contributed by atoms with Crippen molar-refractivity contribution in [1.82, 2.24) is 5.32 Å². The summed E-state index contributed by atoms with van der Waals surface area (Å²) in [6, 6.07) is 0. The first-order valence-electron chi connectivity index (χ1n) is 4.53. The van der Waals surface area contributed by atoms with Gasteiger partial charge >= 0.3 is 0 Å². The van der Waals surface area contributed by atoms with E-state index in [1.165, 1.54) is 19.0 Å². The van der Waals surface area contributed by atoms with E-state index in [9.17, 15) is 4.79 Å². The number of nitrogens with one attached hydrogen (secondary N) is 1. The first-order chi connectivity index (χ1) is 5.81. The molecule has 70 valence electrons. The van der Waals surface area contributed by atoms with Crippen molar-refractivity contribution >= 4 is 5.91 Å². The van der Waals surface area contributed by atoms with Crippen molar-refractivity contribution in [2.24, 2.45) is 0 Å². The SMILES string of the molecule is C=CC(=O)NCCC[NH2+]CCC. The molecule has 0 fully saturated rings. The molecule has 0 rings (SSSR count). The second kappa shape index (κ2) is 8.27. The zero-order valence-electron chi connectivity index (χ0n) is 7.81. The zero-order chi connectivity index (χ0) is 9.23. The molecule has 0 aromatic rings. The lowest BCUT2D eigenvalue weighted by Crippen LogP contribution is -2.84. The minimum absolute atomic E-state index is 0.0782. The molecule has 3 nitrogen and oxygen atoms in total. The van der Waals surface area contributed by atoms with E-state index in [2.05, 4.69) is 24.1 Å². The summed E-state index contributed by atoms with van der Waals surface area (Å²) in [6.07, 6.45) is 3.54. The lowest BCUT2D eigenvalue weighted by Gasteiger charge is -2.00. The van der Waals surface area contributed by atoms with Gasteiger partial charge in [0, 0.05) is 13.0 Å². The molecule has 0 saturated carbocycles. The van der Waals surface area contributed by atoms with Crippen LogP contribution in [0.15, 0.2) is 12.7 Å². The van der Waals surface area contributed by atoms with Gasteiger partial charge in [-0.05, 0) is 12.5 Å². The van der Waals surface area contributed by atoms with Crippen molar-refractivity contribution in [3.63, 3.8) is 0 Å². The predicted octanol–water partition coefficient (Wildman–Crippen LogP) is -0.348. The van der Waals surface area contributed by atoms with Crippen LogP contribution in [0.1, 0.15) is 19.8 Å². The van der Waals surface area contributed by atoms with Crippen LogP contribution in [0.2, 0.25) is 0 Å². The predicted molar refractivity (Wildman–Crippen MR) is 49.8 cm³/mol. The van der Waals surface area contributed by atoms with E-state index >= 15 is 0 Å². The van der Waals surface area contributed by atoms with E-state index in [0.717, 1.165) is 19.5 Å². The first kappa shape index (κ1) is 11.2. The van der Waals surface area contributed by atoms with Gasteiger partial charge in [-0.15, -0.1) is 0 Å². The summed E-state index contributed by atoms with van der Waals surface area (Å²) in [5.41, 5.74) is 0. The summed E-state index contributed by atoms with van der Waals surface area (Å²) in [5, 5.41) is 5.00. The Kier molecular flexibility index (Phi) is 7.70. The van der Waals surface area contributed by atoms with Crippen LogP contribution in [0.4, 0.5) is 0 Å². The van der Waals surface area contributed by atoms with Crippen molar-refractivity contribution in [3.05, 3.63) is 12.7 Å². The molecule has 0 aromatic heterocycles. The van der Waals surface area contributed by atoms with Crippen LogP contribution < -0.4 is 10.6 Å². The average Bonchev–Trinajstić information content (AvgIpc) is 2.10. The highest BCUT2D eigenvalue weighted by molar-refractivity contribution is 5.86. The number of amides is 1. The van der Waals surface area contributed by atoms with E-state index in [0.29, 0.717) is 0 Å². The third-order valence-corrected chi connectivity index (χ3v) is 1.56. The normalized spacial score (nSPS) is 9.42. The van der Waals surface area contributed by atoms with Gasteiger partial charge in [-0.2, -0.15) is 0 Å². The molecular formula is C9H19N2O+. The maximum Gasteiger partial charge on any atom is 0.243 e. The number of quaternary nitrogens is 1. The number of carbonyl (C=O) groups is 1. The molecule has 0 aliphatic rings. The number of nitrogens with two attached hydrogens (primary N) is 1. The fourth-order valence-electron chi connectivity index (χ4n) is 0.879. The van der Waals surface area contributed by atoms with E-state index in [-0.39, 0.29) is 5.91 Å². The average molecular weight is 171 g/mol. The molecule has 1 amide bonds. The van der Waals surface area contributed by atoms with Crippen LogP contribution in [0, 0.1) is 0 Å². The van der Waals surface area contributed by atoms with Crippen molar-refractivity contribution < 1.29 is 10.1 Å². The van der Waals surface area contributed by atoms with Crippen molar-refractivity contribution in [1.29, 1.82) is 0 Å². The minimum Gasteiger partial charge on any atom is -0.352 e. The molecule has 0 bridgehead atoms. The van der Waals surface area contributed by atoms with Crippen LogP contribution in [0.5, 0.6) is 0 Å². The molecule has 0 aromatic carbocycles. The molecule has 0 aliphatic carbocycles. The molecular weight excluding hydrogens is 152 g/mol. The van der Waals surface area contributed by atoms with Crippen LogP contribution in [0.3, 0.4) is 0 Å². The van der Waals surface area contributed by atoms with Gasteiger partial charge in [0.25, 0.3) is 0 Å². The van der Waals surface area contributed by atoms with Gasteiger partial charge in [0.05, 0.1) is 13.1 Å². The Morgan fingerprint density at radius 1 is 1.58 bits per heavy atom. The lowest BCUT2D eigenvalue weighted by atomic mass is 10.4. The van der Waals surface area contributed by atoms with E-state index < -0.39 is 0 Å². The molecule has 12 heavy (non-hydrogen) atoms. The fraction of sp³-hybridized carbons (Fsp3) is 0.667. The first-order valence-corrected chi connectivity index (χ1v) is 4.53. The smallest absolute Gasteiger partial charge is 0.243 e. The summed E-state index contributed by atoms with van der Waals surface area (Å²) in [7, 11) is 0. The molecule has 0 aliphatic heterocycles. The standard InChI is InChI=1S/C9H18N2O/c1-3-6-10-7-5-8-11-9(12)4-2/h4,10H,2-3,5-8H2,1H3,(H,11,12)/p+1. The largest absolute Gasteiger partial charge is 0.352 e. The molecule has 0 saturated heterocycles. The summed E-state index contributed by atoms with van der Waals surface area (Å²) >= 11 is 0. The van der Waals surface area contributed by atoms with Gasteiger partial charge in [-0.1, -0.05) is 13.5 Å². The third-order valence-electron chi connectivity index (χ3n) is 1.56. The van der Waals surface area contributed by atoms with E-state index in [1.807, 2.05) is 0 Å². The summed E-state index contributed by atoms with van der Waals surface area (Å²) in [4.78, 5) is 10.7. The third kappa shape index (κ3) is 7.28. The van der Waals surface area contributed by atoms with Crippen molar-refractivity contribution in [2.45, 2.75) is 19.8 Å². The van der Waals surface area contributed by atoms with Gasteiger partial charge in [-0.3, -0.25) is 4.79 Å². The Bertz CT molecular complexity index is 134. The minimum atomic E-state index is -0.0782. The number of hydrogen-bond donors (Lipinski definition) is 2. The summed E-state index contributed by atoms with van der Waals surface area (Å²) < 4.78 is 0. The Hall–Kier alpha value is -0.830. The molecule has 3 heteroatoms. The Morgan fingerprint density at radius 2 is 2.33 bits per heavy atom. The molecule has 3 N–H and O–H groups in total. The van der Waals surface area contributed by atoms with Crippen molar-refractivity contribution in [3.8, 4) is 0 Å². The number of rotatable bonds is 7. The van der Waals surface area contributed by atoms with Crippen LogP contribution in [-0.4, -0.2) is 25.5 Å².